The number of nitrogens with two attached hydrogens (primary N) is 1. The molecule has 1 heterocycles. The van der Waals surface area contributed by atoms with Crippen LogP contribution in [0.1, 0.15) is 23.6 Å². The Kier molecular flexibility index (Phi) is 3.76. The molecule has 2 nitrogen and oxygen atoms in total. The molecule has 1 aliphatic rings. The molecule has 0 aromatic heterocycles. The van der Waals surface area contributed by atoms with E-state index in [0.29, 0.717) is 6.42 Å². The normalized spacial score (nSPS) is 16.2. The van der Waals surface area contributed by atoms with Gasteiger partial charge >= 0.3 is 0 Å². The minimum atomic E-state index is -0.575. The van der Waals surface area contributed by atoms with Crippen molar-refractivity contribution in [1.29, 1.82) is 0 Å². The molecule has 0 radical (unpaired) electrons. The maximum Gasteiger partial charge on any atom is 0.125 e. The van der Waals surface area contributed by atoms with E-state index in [2.05, 4.69) is 28.1 Å². The van der Waals surface area contributed by atoms with Crippen molar-refractivity contribution in [1.82, 2.24) is 0 Å². The SMILES string of the molecule is CC(N)(Cc1cc(Br)cc2c1OCC2)c1ccc(F)cc1. The van der Waals surface area contributed by atoms with Crippen LogP contribution in [0.5, 0.6) is 5.75 Å². The largest absolute Gasteiger partial charge is 0.493 e. The molecular weight excluding hydrogens is 333 g/mol. The van der Waals surface area contributed by atoms with Gasteiger partial charge in [-0.1, -0.05) is 28.1 Å². The lowest BCUT2D eigenvalue weighted by Crippen LogP contribution is -2.35. The van der Waals surface area contributed by atoms with E-state index in [9.17, 15) is 4.39 Å². The third-order valence-corrected chi connectivity index (χ3v) is 4.34. The lowest BCUT2D eigenvalue weighted by Gasteiger charge is -2.26. The van der Waals surface area contributed by atoms with Crippen LogP contribution in [0.3, 0.4) is 0 Å². The van der Waals surface area contributed by atoms with Crippen molar-refractivity contribution < 1.29 is 9.13 Å². The molecule has 1 atom stereocenters. The van der Waals surface area contributed by atoms with Gasteiger partial charge in [-0.25, -0.2) is 4.39 Å². The number of benzene rings is 2. The zero-order chi connectivity index (χ0) is 15.0. The monoisotopic (exact) mass is 349 g/mol. The highest BCUT2D eigenvalue weighted by Crippen LogP contribution is 2.36. The molecule has 0 amide bonds. The summed E-state index contributed by atoms with van der Waals surface area (Å²) in [5, 5.41) is 0. The van der Waals surface area contributed by atoms with Crippen LogP contribution in [0, 0.1) is 5.82 Å². The van der Waals surface area contributed by atoms with Crippen molar-refractivity contribution >= 4 is 15.9 Å². The Hall–Kier alpha value is -1.39. The molecule has 0 saturated carbocycles. The lowest BCUT2D eigenvalue weighted by atomic mass is 9.86. The van der Waals surface area contributed by atoms with E-state index in [1.807, 2.05) is 6.92 Å². The molecule has 0 saturated heterocycles. The van der Waals surface area contributed by atoms with Gasteiger partial charge in [-0.3, -0.25) is 0 Å². The minimum Gasteiger partial charge on any atom is -0.493 e. The Bertz CT molecular complexity index is 667. The summed E-state index contributed by atoms with van der Waals surface area (Å²) in [5.74, 6) is 0.707. The van der Waals surface area contributed by atoms with E-state index >= 15 is 0 Å². The van der Waals surface area contributed by atoms with Gasteiger partial charge in [0, 0.05) is 16.4 Å². The summed E-state index contributed by atoms with van der Waals surface area (Å²) in [6, 6.07) is 10.5. The molecule has 0 spiro atoms. The van der Waals surface area contributed by atoms with Crippen LogP contribution in [0.25, 0.3) is 0 Å². The highest BCUT2D eigenvalue weighted by atomic mass is 79.9. The molecule has 3 rings (SSSR count). The maximum atomic E-state index is 13.1. The van der Waals surface area contributed by atoms with Crippen LogP contribution < -0.4 is 10.5 Å². The second kappa shape index (κ2) is 5.43. The summed E-state index contributed by atoms with van der Waals surface area (Å²) < 4.78 is 19.9. The van der Waals surface area contributed by atoms with Gasteiger partial charge in [-0.2, -0.15) is 0 Å². The Morgan fingerprint density at radius 2 is 2.00 bits per heavy atom. The first-order valence-electron chi connectivity index (χ1n) is 6.95. The highest BCUT2D eigenvalue weighted by molar-refractivity contribution is 9.10. The summed E-state index contributed by atoms with van der Waals surface area (Å²) in [7, 11) is 0. The third kappa shape index (κ3) is 2.97. The van der Waals surface area contributed by atoms with Gasteiger partial charge in [-0.15, -0.1) is 0 Å². The van der Waals surface area contributed by atoms with Crippen LogP contribution in [0.15, 0.2) is 40.9 Å². The summed E-state index contributed by atoms with van der Waals surface area (Å²) in [4.78, 5) is 0. The second-order valence-corrected chi connectivity index (χ2v) is 6.67. The predicted molar refractivity (Wildman–Crippen MR) is 85.0 cm³/mol. The molecule has 1 aliphatic heterocycles. The van der Waals surface area contributed by atoms with Crippen LogP contribution >= 0.6 is 15.9 Å². The number of hydrogen-bond donors (Lipinski definition) is 1. The zero-order valence-electron chi connectivity index (χ0n) is 11.8. The van der Waals surface area contributed by atoms with E-state index in [1.54, 1.807) is 12.1 Å². The Morgan fingerprint density at radius 3 is 2.71 bits per heavy atom. The van der Waals surface area contributed by atoms with E-state index in [-0.39, 0.29) is 5.82 Å². The Balaban J connectivity index is 1.94. The smallest absolute Gasteiger partial charge is 0.125 e. The van der Waals surface area contributed by atoms with E-state index < -0.39 is 5.54 Å². The van der Waals surface area contributed by atoms with Gasteiger partial charge < -0.3 is 10.5 Å². The fraction of sp³-hybridized carbons (Fsp3) is 0.294. The molecule has 1 unspecified atom stereocenters. The van der Waals surface area contributed by atoms with Crippen LogP contribution in [-0.2, 0) is 18.4 Å². The van der Waals surface area contributed by atoms with Crippen LogP contribution in [-0.4, -0.2) is 6.61 Å². The third-order valence-electron chi connectivity index (χ3n) is 3.89. The first-order chi connectivity index (χ1) is 9.95. The highest BCUT2D eigenvalue weighted by Gasteiger charge is 2.26. The predicted octanol–water partition coefficient (Wildman–Crippen LogP) is 3.94. The molecule has 4 heteroatoms. The zero-order valence-corrected chi connectivity index (χ0v) is 13.4. The molecule has 0 bridgehead atoms. The second-order valence-electron chi connectivity index (χ2n) is 5.75. The lowest BCUT2D eigenvalue weighted by molar-refractivity contribution is 0.349. The molecule has 2 aromatic rings. The summed E-state index contributed by atoms with van der Waals surface area (Å²) in [6.45, 7) is 2.68. The van der Waals surface area contributed by atoms with E-state index in [4.69, 9.17) is 10.5 Å². The van der Waals surface area contributed by atoms with Gasteiger partial charge in [0.25, 0.3) is 0 Å². The van der Waals surface area contributed by atoms with Gasteiger partial charge in [-0.05, 0) is 54.3 Å². The minimum absolute atomic E-state index is 0.249. The van der Waals surface area contributed by atoms with Crippen molar-refractivity contribution in [3.63, 3.8) is 0 Å². The van der Waals surface area contributed by atoms with Crippen molar-refractivity contribution in [3.05, 3.63) is 63.4 Å². The number of ether oxygens (including phenoxy) is 1. The van der Waals surface area contributed by atoms with Gasteiger partial charge in [0.15, 0.2) is 0 Å². The van der Waals surface area contributed by atoms with E-state index in [0.717, 1.165) is 34.4 Å². The van der Waals surface area contributed by atoms with E-state index in [1.165, 1.54) is 17.7 Å². The standard InChI is InChI=1S/C17H17BrFNO/c1-17(20,13-2-4-15(19)5-3-13)10-12-9-14(18)8-11-6-7-21-16(11)12/h2-5,8-9H,6-7,10,20H2,1H3. The summed E-state index contributed by atoms with van der Waals surface area (Å²) >= 11 is 3.54. The van der Waals surface area contributed by atoms with Crippen molar-refractivity contribution in [2.75, 3.05) is 6.61 Å². The number of rotatable bonds is 3. The molecule has 21 heavy (non-hydrogen) atoms. The van der Waals surface area contributed by atoms with Crippen molar-refractivity contribution in [2.45, 2.75) is 25.3 Å². The van der Waals surface area contributed by atoms with Crippen molar-refractivity contribution in [2.24, 2.45) is 5.73 Å². The van der Waals surface area contributed by atoms with Crippen LogP contribution in [0.4, 0.5) is 4.39 Å². The first kappa shape index (κ1) is 14.5. The van der Waals surface area contributed by atoms with Gasteiger partial charge in [0.2, 0.25) is 0 Å². The Labute approximate surface area is 132 Å². The molecule has 2 aromatic carbocycles. The molecule has 2 N–H and O–H groups in total. The molecule has 110 valence electrons. The number of fused-ring (bicyclic) bond motifs is 1. The summed E-state index contributed by atoms with van der Waals surface area (Å²) in [6.07, 6.45) is 1.57. The van der Waals surface area contributed by atoms with Gasteiger partial charge in [0.05, 0.1) is 6.61 Å². The topological polar surface area (TPSA) is 35.2 Å². The quantitative estimate of drug-likeness (QED) is 0.910. The maximum absolute atomic E-state index is 13.1. The Morgan fingerprint density at radius 1 is 1.29 bits per heavy atom. The molecule has 0 fully saturated rings. The number of hydrogen-bond acceptors (Lipinski definition) is 2. The average molecular weight is 350 g/mol. The van der Waals surface area contributed by atoms with Gasteiger partial charge in [0.1, 0.15) is 11.6 Å². The fourth-order valence-electron chi connectivity index (χ4n) is 2.81. The fourth-order valence-corrected chi connectivity index (χ4v) is 3.36. The molecule has 0 aliphatic carbocycles. The first-order valence-corrected chi connectivity index (χ1v) is 7.74. The molecular formula is C17H17BrFNO. The van der Waals surface area contributed by atoms with Crippen LogP contribution in [0.2, 0.25) is 0 Å². The average Bonchev–Trinajstić information content (AvgIpc) is 2.87. The van der Waals surface area contributed by atoms with Crippen molar-refractivity contribution in [3.8, 4) is 5.75 Å². The summed E-state index contributed by atoms with van der Waals surface area (Å²) in [5.41, 5.74) is 9.11. The number of halogens is 2.